The molecular formula is C18H16ClF3N3OP. The van der Waals surface area contributed by atoms with Crippen LogP contribution in [0.25, 0.3) is 0 Å². The number of halogens is 4. The molecule has 1 aromatic carbocycles. The molecule has 1 atom stereocenters. The molecule has 2 aromatic rings. The molecule has 1 amide bonds. The van der Waals surface area contributed by atoms with Gasteiger partial charge in [0.1, 0.15) is 11.9 Å². The summed E-state index contributed by atoms with van der Waals surface area (Å²) in [5.74, 6) is -2.46. The van der Waals surface area contributed by atoms with Gasteiger partial charge in [-0.1, -0.05) is 29.8 Å². The van der Waals surface area contributed by atoms with E-state index in [9.17, 15) is 18.0 Å². The van der Waals surface area contributed by atoms with Crippen LogP contribution < -0.4 is 10.2 Å². The van der Waals surface area contributed by atoms with E-state index in [1.165, 1.54) is 23.1 Å². The molecule has 0 aliphatic heterocycles. The molecule has 1 aliphatic rings. The van der Waals surface area contributed by atoms with Crippen LogP contribution in [0.15, 0.2) is 42.7 Å². The van der Waals surface area contributed by atoms with Crippen molar-refractivity contribution in [2.45, 2.75) is 30.8 Å². The van der Waals surface area contributed by atoms with E-state index in [0.717, 1.165) is 6.20 Å². The van der Waals surface area contributed by atoms with Crippen molar-refractivity contribution >= 4 is 38.0 Å². The van der Waals surface area contributed by atoms with E-state index in [1.54, 1.807) is 24.3 Å². The molecule has 1 fully saturated rings. The molecule has 3 rings (SSSR count). The molecule has 1 aromatic heterocycles. The van der Waals surface area contributed by atoms with Crippen LogP contribution in [0.4, 0.5) is 18.9 Å². The lowest BCUT2D eigenvalue weighted by atomic mass is 9.88. The van der Waals surface area contributed by atoms with Gasteiger partial charge < -0.3 is 10.2 Å². The normalized spacial score (nSPS) is 16.9. The highest BCUT2D eigenvalue weighted by Crippen LogP contribution is 2.38. The Labute approximate surface area is 161 Å². The van der Waals surface area contributed by atoms with Crippen molar-refractivity contribution in [2.24, 2.45) is 0 Å². The Morgan fingerprint density at radius 2 is 2.07 bits per heavy atom. The van der Waals surface area contributed by atoms with E-state index >= 15 is 0 Å². The highest BCUT2D eigenvalue weighted by Gasteiger charge is 2.46. The van der Waals surface area contributed by atoms with Gasteiger partial charge in [-0.05, 0) is 6.07 Å². The van der Waals surface area contributed by atoms with Gasteiger partial charge >= 0.3 is 0 Å². The molecule has 27 heavy (non-hydrogen) atoms. The molecule has 1 aliphatic carbocycles. The zero-order valence-corrected chi connectivity index (χ0v) is 15.8. The molecule has 9 heteroatoms. The quantitative estimate of drug-likeness (QED) is 0.721. The second-order valence-corrected chi connectivity index (χ2v) is 6.96. The van der Waals surface area contributed by atoms with Crippen molar-refractivity contribution in [1.29, 1.82) is 0 Å². The SMILES string of the molecule is O=C(NC1CC(F)(F)C1)[C@H](c1ccccc1Cl)N(C=P)c1cncc(F)c1. The maximum atomic E-state index is 13.6. The zero-order valence-electron chi connectivity index (χ0n) is 14.0. The third kappa shape index (κ3) is 4.42. The fourth-order valence-corrected chi connectivity index (χ4v) is 3.53. The van der Waals surface area contributed by atoms with E-state index in [2.05, 4.69) is 19.2 Å². The van der Waals surface area contributed by atoms with Crippen molar-refractivity contribution in [2.75, 3.05) is 4.90 Å². The van der Waals surface area contributed by atoms with Crippen molar-refractivity contribution in [3.05, 3.63) is 59.1 Å². The summed E-state index contributed by atoms with van der Waals surface area (Å²) in [6.07, 6.45) is 1.60. The van der Waals surface area contributed by atoms with Gasteiger partial charge in [-0.2, -0.15) is 0 Å². The predicted octanol–water partition coefficient (Wildman–Crippen LogP) is 4.24. The van der Waals surface area contributed by atoms with Crippen LogP contribution in [0.3, 0.4) is 0 Å². The van der Waals surface area contributed by atoms with Crippen molar-refractivity contribution in [1.82, 2.24) is 10.3 Å². The Kier molecular flexibility index (Phi) is 5.72. The average molecular weight is 414 g/mol. The number of pyridine rings is 1. The summed E-state index contributed by atoms with van der Waals surface area (Å²) in [5, 5.41) is 2.94. The van der Waals surface area contributed by atoms with Crippen molar-refractivity contribution in [3.63, 3.8) is 0 Å². The van der Waals surface area contributed by atoms with Gasteiger partial charge in [0, 0.05) is 41.5 Å². The van der Waals surface area contributed by atoms with Crippen LogP contribution in [0.1, 0.15) is 24.4 Å². The number of benzene rings is 1. The van der Waals surface area contributed by atoms with E-state index in [4.69, 9.17) is 11.6 Å². The summed E-state index contributed by atoms with van der Waals surface area (Å²) in [5.41, 5.74) is 0.741. The Bertz CT molecular complexity index is 859. The number of rotatable bonds is 6. The van der Waals surface area contributed by atoms with Gasteiger partial charge in [-0.3, -0.25) is 9.78 Å². The predicted molar refractivity (Wildman–Crippen MR) is 101 cm³/mol. The molecule has 0 spiro atoms. The highest BCUT2D eigenvalue weighted by atomic mass is 35.5. The Morgan fingerprint density at radius 1 is 1.37 bits per heavy atom. The molecule has 1 saturated carbocycles. The number of nitrogens with one attached hydrogen (secondary N) is 1. The van der Waals surface area contributed by atoms with Crippen LogP contribution in [-0.2, 0) is 4.79 Å². The molecule has 0 radical (unpaired) electrons. The van der Waals surface area contributed by atoms with Crippen LogP contribution in [0, 0.1) is 5.82 Å². The fourth-order valence-electron chi connectivity index (χ4n) is 3.00. The third-order valence-corrected chi connectivity index (χ3v) is 4.91. The summed E-state index contributed by atoms with van der Waals surface area (Å²) in [6.45, 7) is 0. The number of amides is 1. The highest BCUT2D eigenvalue weighted by molar-refractivity contribution is 7.18. The first-order chi connectivity index (χ1) is 12.8. The summed E-state index contributed by atoms with van der Waals surface area (Å²) < 4.78 is 39.9. The second-order valence-electron chi connectivity index (χ2n) is 6.29. The number of aromatic nitrogens is 1. The molecule has 142 valence electrons. The summed E-state index contributed by atoms with van der Waals surface area (Å²) in [4.78, 5) is 18.2. The van der Waals surface area contributed by atoms with E-state index in [0.29, 0.717) is 16.3 Å². The van der Waals surface area contributed by atoms with Crippen LogP contribution in [-0.4, -0.2) is 28.8 Å². The molecule has 1 heterocycles. The largest absolute Gasteiger partial charge is 0.351 e. The van der Waals surface area contributed by atoms with Gasteiger partial charge in [0.05, 0.1) is 18.1 Å². The first-order valence-electron chi connectivity index (χ1n) is 8.13. The molecule has 0 saturated heterocycles. The minimum absolute atomic E-state index is 0.295. The van der Waals surface area contributed by atoms with Crippen LogP contribution in [0.2, 0.25) is 5.02 Å². The molecule has 0 bridgehead atoms. The second kappa shape index (κ2) is 7.87. The van der Waals surface area contributed by atoms with Gasteiger partial charge in [-0.25, -0.2) is 13.2 Å². The number of hydrogen-bond acceptors (Lipinski definition) is 2. The maximum absolute atomic E-state index is 13.6. The number of carbonyl (C=O) groups excluding carboxylic acids is 1. The Hall–Kier alpha value is -2.11. The minimum atomic E-state index is -2.76. The van der Waals surface area contributed by atoms with Gasteiger partial charge in [0.25, 0.3) is 5.92 Å². The van der Waals surface area contributed by atoms with E-state index < -0.39 is 42.6 Å². The first-order valence-corrected chi connectivity index (χ1v) is 9.08. The minimum Gasteiger partial charge on any atom is -0.351 e. The first kappa shape index (κ1) is 19.6. The summed E-state index contributed by atoms with van der Waals surface area (Å²) in [7, 11) is 3.25. The number of hydrogen-bond donors (Lipinski definition) is 1. The van der Waals surface area contributed by atoms with Crippen LogP contribution >= 0.6 is 20.5 Å². The molecule has 4 nitrogen and oxygen atoms in total. The summed E-state index contributed by atoms with van der Waals surface area (Å²) in [6, 6.07) is 6.25. The number of alkyl halides is 2. The van der Waals surface area contributed by atoms with E-state index in [-0.39, 0.29) is 0 Å². The number of nitrogens with zero attached hydrogens (tertiary/aromatic N) is 2. The van der Waals surface area contributed by atoms with Crippen molar-refractivity contribution in [3.8, 4) is 0 Å². The number of anilines is 1. The van der Waals surface area contributed by atoms with Crippen molar-refractivity contribution < 1.29 is 18.0 Å². The Morgan fingerprint density at radius 3 is 2.67 bits per heavy atom. The molecule has 1 N–H and O–H groups in total. The lowest BCUT2D eigenvalue weighted by Gasteiger charge is -2.37. The lowest BCUT2D eigenvalue weighted by Crippen LogP contribution is -2.53. The van der Waals surface area contributed by atoms with Crippen LogP contribution in [0.5, 0.6) is 0 Å². The van der Waals surface area contributed by atoms with Gasteiger partial charge in [0.2, 0.25) is 5.91 Å². The van der Waals surface area contributed by atoms with E-state index in [1.807, 2.05) is 0 Å². The fraction of sp³-hybridized carbons (Fsp3) is 0.278. The Balaban J connectivity index is 1.95. The van der Waals surface area contributed by atoms with Gasteiger partial charge in [-0.15, -0.1) is 8.86 Å². The standard InChI is InChI=1S/C18H16ClF3N3OP/c19-15-4-2-1-3-14(15)16(17(26)24-12-6-18(21,22)7-12)25(10-27)13-5-11(20)8-23-9-13/h1-5,8-10,12,16,27H,6-7H2,(H,24,26)/t16-/m0/s1. The smallest absolute Gasteiger partial charge is 0.252 e. The number of carbonyl (C=O) groups is 1. The topological polar surface area (TPSA) is 45.2 Å². The molecular weight excluding hydrogens is 398 g/mol. The third-order valence-electron chi connectivity index (χ3n) is 4.29. The maximum Gasteiger partial charge on any atom is 0.252 e. The molecule has 0 unspecified atom stereocenters. The zero-order chi connectivity index (χ0) is 19.6. The monoisotopic (exact) mass is 413 g/mol. The van der Waals surface area contributed by atoms with Gasteiger partial charge in [0.15, 0.2) is 0 Å². The summed E-state index contributed by atoms with van der Waals surface area (Å²) >= 11 is 6.27. The lowest BCUT2D eigenvalue weighted by molar-refractivity contribution is -0.130. The average Bonchev–Trinajstić information content (AvgIpc) is 2.58.